The highest BCUT2D eigenvalue weighted by atomic mass is 79.9. The SMILES string of the molecule is CCOC(=O)c1cc(CBr)cc(Br)c1[N+](=O)[O-]. The lowest BCUT2D eigenvalue weighted by molar-refractivity contribution is -0.386. The van der Waals surface area contributed by atoms with Gasteiger partial charge in [-0.25, -0.2) is 4.79 Å². The molecular weight excluding hydrogens is 358 g/mol. The lowest BCUT2D eigenvalue weighted by Crippen LogP contribution is -2.09. The molecule has 0 aliphatic rings. The highest BCUT2D eigenvalue weighted by Gasteiger charge is 2.25. The molecule has 0 amide bonds. The molecule has 0 N–H and O–H groups in total. The fourth-order valence-corrected chi connectivity index (χ4v) is 2.26. The second-order valence-corrected chi connectivity index (χ2v) is 4.50. The van der Waals surface area contributed by atoms with Crippen LogP contribution in [-0.2, 0) is 10.1 Å². The lowest BCUT2D eigenvalue weighted by atomic mass is 10.1. The summed E-state index contributed by atoms with van der Waals surface area (Å²) in [6, 6.07) is 3.05. The normalized spacial score (nSPS) is 10.1. The molecule has 7 heteroatoms. The molecule has 0 radical (unpaired) electrons. The number of ether oxygens (including phenoxy) is 1. The molecular formula is C10H9Br2NO4. The molecule has 92 valence electrons. The number of halogens is 2. The largest absolute Gasteiger partial charge is 0.462 e. The van der Waals surface area contributed by atoms with Gasteiger partial charge in [-0.1, -0.05) is 15.9 Å². The molecule has 0 atom stereocenters. The van der Waals surface area contributed by atoms with Gasteiger partial charge in [0.25, 0.3) is 5.69 Å². The highest BCUT2D eigenvalue weighted by molar-refractivity contribution is 9.10. The van der Waals surface area contributed by atoms with Crippen LogP contribution in [0.2, 0.25) is 0 Å². The quantitative estimate of drug-likeness (QED) is 0.354. The van der Waals surface area contributed by atoms with Crippen LogP contribution in [-0.4, -0.2) is 17.5 Å². The molecule has 0 aromatic heterocycles. The minimum Gasteiger partial charge on any atom is -0.462 e. The number of esters is 1. The maximum absolute atomic E-state index is 11.6. The third-order valence-corrected chi connectivity index (χ3v) is 3.21. The van der Waals surface area contributed by atoms with E-state index < -0.39 is 10.9 Å². The summed E-state index contributed by atoms with van der Waals surface area (Å²) in [7, 11) is 0. The Hall–Kier alpha value is -0.950. The van der Waals surface area contributed by atoms with Gasteiger partial charge in [0.05, 0.1) is 16.0 Å². The first-order chi connectivity index (χ1) is 8.01. The minimum atomic E-state index is -0.692. The molecule has 0 aliphatic heterocycles. The molecule has 0 fully saturated rings. The molecule has 1 aromatic rings. The Kier molecular flexibility index (Phi) is 5.07. The zero-order valence-corrected chi connectivity index (χ0v) is 12.1. The van der Waals surface area contributed by atoms with E-state index >= 15 is 0 Å². The van der Waals surface area contributed by atoms with Crippen LogP contribution < -0.4 is 0 Å². The van der Waals surface area contributed by atoms with E-state index in [4.69, 9.17) is 4.74 Å². The van der Waals surface area contributed by atoms with Gasteiger partial charge in [-0.15, -0.1) is 0 Å². The van der Waals surface area contributed by atoms with Crippen LogP contribution >= 0.6 is 31.9 Å². The van der Waals surface area contributed by atoms with Crippen molar-refractivity contribution in [1.82, 2.24) is 0 Å². The number of nitro groups is 1. The summed E-state index contributed by atoms with van der Waals surface area (Å²) in [4.78, 5) is 21.9. The van der Waals surface area contributed by atoms with E-state index in [1.54, 1.807) is 13.0 Å². The van der Waals surface area contributed by atoms with Gasteiger partial charge in [0.2, 0.25) is 0 Å². The maximum atomic E-state index is 11.6. The third-order valence-electron chi connectivity index (χ3n) is 1.96. The van der Waals surface area contributed by atoms with Crippen molar-refractivity contribution in [1.29, 1.82) is 0 Å². The number of carbonyl (C=O) groups is 1. The van der Waals surface area contributed by atoms with Crippen molar-refractivity contribution in [2.45, 2.75) is 12.3 Å². The summed E-state index contributed by atoms with van der Waals surface area (Å²) in [6.45, 7) is 1.82. The van der Waals surface area contributed by atoms with Crippen LogP contribution in [0.3, 0.4) is 0 Å². The second kappa shape index (κ2) is 6.11. The zero-order valence-electron chi connectivity index (χ0n) is 8.91. The monoisotopic (exact) mass is 365 g/mol. The molecule has 1 aromatic carbocycles. The van der Waals surface area contributed by atoms with Gasteiger partial charge in [0.1, 0.15) is 5.56 Å². The summed E-state index contributed by atoms with van der Waals surface area (Å²) in [5.41, 5.74) is 0.444. The summed E-state index contributed by atoms with van der Waals surface area (Å²) >= 11 is 6.32. The van der Waals surface area contributed by atoms with Gasteiger partial charge in [0, 0.05) is 5.33 Å². The molecule has 0 unspecified atom stereocenters. The molecule has 0 heterocycles. The molecule has 0 bridgehead atoms. The second-order valence-electron chi connectivity index (χ2n) is 3.09. The van der Waals surface area contributed by atoms with Crippen molar-refractivity contribution in [2.24, 2.45) is 0 Å². The Labute approximate surface area is 115 Å². The number of hydrogen-bond donors (Lipinski definition) is 0. The first kappa shape index (κ1) is 14.1. The number of nitro benzene ring substituents is 1. The highest BCUT2D eigenvalue weighted by Crippen LogP contribution is 2.31. The predicted octanol–water partition coefficient (Wildman–Crippen LogP) is 3.43. The minimum absolute atomic E-state index is 0.0410. The Morgan fingerprint density at radius 1 is 1.53 bits per heavy atom. The maximum Gasteiger partial charge on any atom is 0.345 e. The first-order valence-electron chi connectivity index (χ1n) is 4.71. The number of nitrogens with zero attached hydrogens (tertiary/aromatic N) is 1. The standard InChI is InChI=1S/C10H9Br2NO4/c1-2-17-10(14)7-3-6(5-11)4-8(12)9(7)13(15)16/h3-4H,2,5H2,1H3. The summed E-state index contributed by atoms with van der Waals surface area (Å²) in [6.07, 6.45) is 0. The van der Waals surface area contributed by atoms with Crippen molar-refractivity contribution >= 4 is 43.5 Å². The molecule has 1 rings (SSSR count). The van der Waals surface area contributed by atoms with Gasteiger partial charge in [-0.2, -0.15) is 0 Å². The number of benzene rings is 1. The molecule has 0 aliphatic carbocycles. The average molecular weight is 367 g/mol. The Morgan fingerprint density at radius 2 is 2.18 bits per heavy atom. The van der Waals surface area contributed by atoms with Crippen molar-refractivity contribution in [3.8, 4) is 0 Å². The van der Waals surface area contributed by atoms with E-state index in [1.807, 2.05) is 0 Å². The number of carbonyl (C=O) groups excluding carboxylic acids is 1. The van der Waals surface area contributed by atoms with Crippen LogP contribution in [0.15, 0.2) is 16.6 Å². The number of alkyl halides is 1. The van der Waals surface area contributed by atoms with E-state index in [-0.39, 0.29) is 22.3 Å². The first-order valence-corrected chi connectivity index (χ1v) is 6.62. The summed E-state index contributed by atoms with van der Waals surface area (Å²) < 4.78 is 5.06. The van der Waals surface area contributed by atoms with Crippen molar-refractivity contribution in [2.75, 3.05) is 6.61 Å². The van der Waals surface area contributed by atoms with E-state index in [2.05, 4.69) is 31.9 Å². The third kappa shape index (κ3) is 3.26. The van der Waals surface area contributed by atoms with Gasteiger partial charge in [0.15, 0.2) is 0 Å². The number of hydrogen-bond acceptors (Lipinski definition) is 4. The van der Waals surface area contributed by atoms with Crippen LogP contribution in [0.5, 0.6) is 0 Å². The Balaban J connectivity index is 3.37. The molecule has 0 saturated carbocycles. The number of rotatable bonds is 4. The smallest absolute Gasteiger partial charge is 0.345 e. The van der Waals surface area contributed by atoms with Gasteiger partial charge < -0.3 is 4.74 Å². The topological polar surface area (TPSA) is 69.4 Å². The zero-order chi connectivity index (χ0) is 13.0. The Bertz CT molecular complexity index is 462. The molecule has 0 spiro atoms. The molecule has 5 nitrogen and oxygen atoms in total. The van der Waals surface area contributed by atoms with E-state index in [0.717, 1.165) is 5.56 Å². The lowest BCUT2D eigenvalue weighted by Gasteiger charge is -2.06. The average Bonchev–Trinajstić information content (AvgIpc) is 2.27. The Morgan fingerprint density at radius 3 is 2.65 bits per heavy atom. The van der Waals surface area contributed by atoms with Crippen LogP contribution in [0.25, 0.3) is 0 Å². The predicted molar refractivity (Wildman–Crippen MR) is 69.4 cm³/mol. The van der Waals surface area contributed by atoms with E-state index in [1.165, 1.54) is 6.07 Å². The van der Waals surface area contributed by atoms with Gasteiger partial charge >= 0.3 is 5.97 Å². The fourth-order valence-electron chi connectivity index (χ4n) is 1.28. The van der Waals surface area contributed by atoms with E-state index in [0.29, 0.717) is 5.33 Å². The fraction of sp³-hybridized carbons (Fsp3) is 0.300. The van der Waals surface area contributed by atoms with Gasteiger partial charge in [-0.05, 0) is 40.5 Å². The van der Waals surface area contributed by atoms with Crippen molar-refractivity contribution in [3.63, 3.8) is 0 Å². The van der Waals surface area contributed by atoms with E-state index in [9.17, 15) is 14.9 Å². The van der Waals surface area contributed by atoms with Crippen LogP contribution in [0, 0.1) is 10.1 Å². The summed E-state index contributed by atoms with van der Waals surface area (Å²) in [5, 5.41) is 11.4. The van der Waals surface area contributed by atoms with Crippen molar-refractivity contribution < 1.29 is 14.5 Å². The molecule has 17 heavy (non-hydrogen) atoms. The van der Waals surface area contributed by atoms with Crippen LogP contribution in [0.4, 0.5) is 5.69 Å². The van der Waals surface area contributed by atoms with Crippen molar-refractivity contribution in [3.05, 3.63) is 37.8 Å². The molecule has 0 saturated heterocycles. The van der Waals surface area contributed by atoms with Crippen LogP contribution in [0.1, 0.15) is 22.8 Å². The summed E-state index contributed by atoms with van der Waals surface area (Å²) in [5.74, 6) is -0.692. The van der Waals surface area contributed by atoms with Gasteiger partial charge in [-0.3, -0.25) is 10.1 Å².